The number of rotatable bonds is 13. The second-order valence-corrected chi connectivity index (χ2v) is 13.5. The lowest BCUT2D eigenvalue weighted by molar-refractivity contribution is -0.384. The maximum atomic E-state index is 14.5. The van der Waals surface area contributed by atoms with E-state index in [9.17, 15) is 28.1 Å². The number of nitrogens with one attached hydrogen (secondary N) is 1. The van der Waals surface area contributed by atoms with Gasteiger partial charge in [0.05, 0.1) is 15.5 Å². The van der Waals surface area contributed by atoms with Crippen LogP contribution in [0.15, 0.2) is 120 Å². The van der Waals surface area contributed by atoms with E-state index in [0.717, 1.165) is 47.5 Å². The third-order valence-corrected chi connectivity index (χ3v) is 10.2. The number of anilines is 1. The Morgan fingerprint density at radius 2 is 1.34 bits per heavy atom. The van der Waals surface area contributed by atoms with E-state index in [1.165, 1.54) is 41.3 Å². The first-order valence-corrected chi connectivity index (χ1v) is 17.2. The number of nitro benzene ring substituents is 1. The first-order chi connectivity index (χ1) is 22.7. The van der Waals surface area contributed by atoms with Gasteiger partial charge in [0.2, 0.25) is 11.8 Å². The molecule has 4 aromatic carbocycles. The van der Waals surface area contributed by atoms with Gasteiger partial charge in [-0.2, -0.15) is 0 Å². The third-order valence-electron chi connectivity index (χ3n) is 8.38. The van der Waals surface area contributed by atoms with Gasteiger partial charge in [-0.3, -0.25) is 24.0 Å². The van der Waals surface area contributed by atoms with Crippen LogP contribution in [0.5, 0.6) is 0 Å². The van der Waals surface area contributed by atoms with Crippen LogP contribution in [-0.4, -0.2) is 48.7 Å². The molecule has 0 aliphatic heterocycles. The number of non-ortho nitro benzene ring substituents is 1. The zero-order valence-corrected chi connectivity index (χ0v) is 26.8. The van der Waals surface area contributed by atoms with Crippen LogP contribution in [0, 0.1) is 10.1 Å². The molecule has 1 aliphatic rings. The Morgan fingerprint density at radius 1 is 0.787 bits per heavy atom. The van der Waals surface area contributed by atoms with Gasteiger partial charge in [-0.1, -0.05) is 98.1 Å². The highest BCUT2D eigenvalue weighted by Crippen LogP contribution is 2.27. The Labute approximate surface area is 275 Å². The number of carbonyl (C=O) groups is 2. The first-order valence-electron chi connectivity index (χ1n) is 15.7. The van der Waals surface area contributed by atoms with Crippen molar-refractivity contribution in [3.63, 3.8) is 0 Å². The number of hydrogen-bond acceptors (Lipinski definition) is 6. The zero-order chi connectivity index (χ0) is 33.2. The minimum Gasteiger partial charge on any atom is -0.352 e. The fourth-order valence-electron chi connectivity index (χ4n) is 5.87. The Bertz CT molecular complexity index is 1750. The molecule has 0 unspecified atom stereocenters. The van der Waals surface area contributed by atoms with E-state index in [4.69, 9.17) is 0 Å². The summed E-state index contributed by atoms with van der Waals surface area (Å²) in [5.74, 6) is -0.885. The highest BCUT2D eigenvalue weighted by molar-refractivity contribution is 7.92. The lowest BCUT2D eigenvalue weighted by Gasteiger charge is -2.35. The fourth-order valence-corrected chi connectivity index (χ4v) is 7.30. The van der Waals surface area contributed by atoms with Crippen LogP contribution in [0.3, 0.4) is 0 Å². The molecule has 1 aliphatic carbocycles. The molecule has 4 aromatic rings. The molecule has 1 atom stereocenters. The Balaban J connectivity index is 1.55. The van der Waals surface area contributed by atoms with Gasteiger partial charge in [0, 0.05) is 31.1 Å². The molecule has 0 radical (unpaired) electrons. The maximum absolute atomic E-state index is 14.5. The standard InChI is InChI=1S/C36H38N4O6S/c41-35(27-39(31-21-23-32(24-22-31)40(43)44)47(45,46)33-19-11-4-12-20-33)38(26-29-15-7-2-8-16-29)34(25-28-13-5-1-6-14-28)36(42)37-30-17-9-3-10-18-30/h1-2,4-8,11-16,19-24,30,34H,3,9-10,17-18,25-27H2,(H,37,42)/t34-/m1/s1. The Kier molecular flexibility index (Phi) is 11.0. The van der Waals surface area contributed by atoms with Gasteiger partial charge in [-0.05, 0) is 48.2 Å². The van der Waals surface area contributed by atoms with Crippen LogP contribution in [0.25, 0.3) is 0 Å². The minimum atomic E-state index is -4.30. The molecule has 0 heterocycles. The highest BCUT2D eigenvalue weighted by Gasteiger charge is 2.35. The highest BCUT2D eigenvalue weighted by atomic mass is 32.2. The van der Waals surface area contributed by atoms with E-state index < -0.39 is 33.4 Å². The summed E-state index contributed by atoms with van der Waals surface area (Å²) in [4.78, 5) is 40.9. The largest absolute Gasteiger partial charge is 0.352 e. The average molecular weight is 655 g/mol. The molecule has 1 N–H and O–H groups in total. The van der Waals surface area contributed by atoms with Crippen molar-refractivity contribution in [3.05, 3.63) is 137 Å². The van der Waals surface area contributed by atoms with Crippen molar-refractivity contribution < 1.29 is 22.9 Å². The second-order valence-electron chi connectivity index (χ2n) is 11.7. The number of nitrogens with zero attached hydrogens (tertiary/aromatic N) is 3. The van der Waals surface area contributed by atoms with Crippen molar-refractivity contribution in [2.24, 2.45) is 0 Å². The van der Waals surface area contributed by atoms with Crippen molar-refractivity contribution in [3.8, 4) is 0 Å². The molecule has 10 nitrogen and oxygen atoms in total. The summed E-state index contributed by atoms with van der Waals surface area (Å²) in [6.45, 7) is -0.571. The average Bonchev–Trinajstić information content (AvgIpc) is 3.10. The van der Waals surface area contributed by atoms with E-state index in [1.807, 2.05) is 60.7 Å². The van der Waals surface area contributed by atoms with Gasteiger partial charge in [0.15, 0.2) is 0 Å². The molecule has 47 heavy (non-hydrogen) atoms. The normalized spacial score (nSPS) is 14.1. The lowest BCUT2D eigenvalue weighted by Crippen LogP contribution is -2.55. The second kappa shape index (κ2) is 15.5. The number of carbonyl (C=O) groups excluding carboxylic acids is 2. The molecular formula is C36H38N4O6S. The molecule has 2 amide bonds. The van der Waals surface area contributed by atoms with Gasteiger partial charge in [-0.25, -0.2) is 8.42 Å². The van der Waals surface area contributed by atoms with Crippen LogP contribution in [0.4, 0.5) is 11.4 Å². The van der Waals surface area contributed by atoms with Gasteiger partial charge in [0.25, 0.3) is 15.7 Å². The SMILES string of the molecule is O=C(NC1CCCCC1)[C@@H](Cc1ccccc1)N(Cc1ccccc1)C(=O)CN(c1ccc([N+](=O)[O-])cc1)S(=O)(=O)c1ccccc1. The molecule has 244 valence electrons. The van der Waals surface area contributed by atoms with E-state index in [0.29, 0.717) is 0 Å². The molecule has 0 bridgehead atoms. The third kappa shape index (κ3) is 8.62. The molecule has 1 fully saturated rings. The van der Waals surface area contributed by atoms with Gasteiger partial charge in [-0.15, -0.1) is 0 Å². The van der Waals surface area contributed by atoms with Crippen molar-refractivity contribution in [1.29, 1.82) is 0 Å². The van der Waals surface area contributed by atoms with Crippen molar-refractivity contribution >= 4 is 33.2 Å². The fraction of sp³-hybridized carbons (Fsp3) is 0.278. The monoisotopic (exact) mass is 654 g/mol. The van der Waals surface area contributed by atoms with Gasteiger partial charge in [0.1, 0.15) is 12.6 Å². The van der Waals surface area contributed by atoms with Gasteiger partial charge < -0.3 is 10.2 Å². The molecular weight excluding hydrogens is 616 g/mol. The number of amides is 2. The van der Waals surface area contributed by atoms with Gasteiger partial charge >= 0.3 is 0 Å². The summed E-state index contributed by atoms with van der Waals surface area (Å²) in [5.41, 5.74) is 1.49. The summed E-state index contributed by atoms with van der Waals surface area (Å²) in [6.07, 6.45) is 5.10. The zero-order valence-electron chi connectivity index (χ0n) is 26.0. The Morgan fingerprint density at radius 3 is 1.91 bits per heavy atom. The van der Waals surface area contributed by atoms with E-state index in [-0.39, 0.29) is 41.2 Å². The number of nitro groups is 1. The minimum absolute atomic E-state index is 0.00160. The van der Waals surface area contributed by atoms with Crippen LogP contribution in [0.2, 0.25) is 0 Å². The quantitative estimate of drug-likeness (QED) is 0.142. The number of benzene rings is 4. The molecule has 11 heteroatoms. The number of sulfonamides is 1. The summed E-state index contributed by atoms with van der Waals surface area (Å²) in [7, 11) is -4.30. The van der Waals surface area contributed by atoms with Crippen molar-refractivity contribution in [2.75, 3.05) is 10.8 Å². The molecule has 1 saturated carbocycles. The lowest BCUT2D eigenvalue weighted by atomic mass is 9.94. The predicted octanol–water partition coefficient (Wildman–Crippen LogP) is 5.88. The predicted molar refractivity (Wildman–Crippen MR) is 180 cm³/mol. The van der Waals surface area contributed by atoms with Crippen molar-refractivity contribution in [1.82, 2.24) is 10.2 Å². The number of hydrogen-bond donors (Lipinski definition) is 1. The van der Waals surface area contributed by atoms with Crippen LogP contribution >= 0.6 is 0 Å². The summed E-state index contributed by atoms with van der Waals surface area (Å²) in [5, 5.41) is 14.5. The smallest absolute Gasteiger partial charge is 0.269 e. The van der Waals surface area contributed by atoms with Crippen LogP contribution in [-0.2, 0) is 32.6 Å². The summed E-state index contributed by atoms with van der Waals surface area (Å²) < 4.78 is 29.1. The molecule has 0 saturated heterocycles. The maximum Gasteiger partial charge on any atom is 0.269 e. The molecule has 0 aromatic heterocycles. The Hall–Kier alpha value is -5.03. The van der Waals surface area contributed by atoms with Crippen LogP contribution in [0.1, 0.15) is 43.2 Å². The summed E-state index contributed by atoms with van der Waals surface area (Å²) in [6, 6.07) is 30.4. The first kappa shape index (κ1) is 33.3. The van der Waals surface area contributed by atoms with E-state index in [1.54, 1.807) is 18.2 Å². The van der Waals surface area contributed by atoms with Crippen LogP contribution < -0.4 is 9.62 Å². The van der Waals surface area contributed by atoms with Crippen molar-refractivity contribution in [2.45, 2.75) is 62.0 Å². The topological polar surface area (TPSA) is 130 Å². The molecule has 0 spiro atoms. The van der Waals surface area contributed by atoms with E-state index in [2.05, 4.69) is 5.32 Å². The molecule has 5 rings (SSSR count). The van der Waals surface area contributed by atoms with E-state index >= 15 is 0 Å². The summed E-state index contributed by atoms with van der Waals surface area (Å²) >= 11 is 0.